The number of benzene rings is 1. The van der Waals surface area contributed by atoms with E-state index in [0.29, 0.717) is 11.4 Å². The SMILES string of the molecule is Oc1cccc(/C=N/Nc2ccc(Cl)nn2)c1O. The lowest BCUT2D eigenvalue weighted by atomic mass is 10.2. The Morgan fingerprint density at radius 1 is 1.17 bits per heavy atom. The molecule has 0 aliphatic carbocycles. The molecule has 0 amide bonds. The minimum atomic E-state index is -0.231. The van der Waals surface area contributed by atoms with Crippen molar-refractivity contribution < 1.29 is 10.2 Å². The first-order valence-electron chi connectivity index (χ1n) is 4.96. The van der Waals surface area contributed by atoms with Crippen molar-refractivity contribution in [2.75, 3.05) is 5.43 Å². The van der Waals surface area contributed by atoms with Crippen molar-refractivity contribution in [3.63, 3.8) is 0 Å². The molecule has 0 spiro atoms. The summed E-state index contributed by atoms with van der Waals surface area (Å²) in [5, 5.41) is 30.3. The summed E-state index contributed by atoms with van der Waals surface area (Å²) in [6.45, 7) is 0. The molecule has 0 saturated heterocycles. The molecular formula is C11H9ClN4O2. The van der Waals surface area contributed by atoms with Gasteiger partial charge in [0.15, 0.2) is 22.5 Å². The first kappa shape index (κ1) is 12.1. The number of aromatic hydroxyl groups is 2. The van der Waals surface area contributed by atoms with Gasteiger partial charge in [-0.05, 0) is 24.3 Å². The van der Waals surface area contributed by atoms with Crippen LogP contribution in [0.3, 0.4) is 0 Å². The zero-order chi connectivity index (χ0) is 13.0. The number of anilines is 1. The third-order valence-corrected chi connectivity index (χ3v) is 2.26. The van der Waals surface area contributed by atoms with Crippen LogP contribution in [0, 0.1) is 0 Å². The Labute approximate surface area is 108 Å². The number of phenolic OH excluding ortho intramolecular Hbond substituents is 2. The van der Waals surface area contributed by atoms with Crippen LogP contribution in [0.4, 0.5) is 5.82 Å². The molecule has 0 aliphatic heterocycles. The van der Waals surface area contributed by atoms with Crippen LogP contribution in [0.15, 0.2) is 35.4 Å². The lowest BCUT2D eigenvalue weighted by molar-refractivity contribution is 0.403. The number of phenols is 2. The smallest absolute Gasteiger partial charge is 0.168 e. The maximum atomic E-state index is 9.52. The Morgan fingerprint density at radius 2 is 2.00 bits per heavy atom. The largest absolute Gasteiger partial charge is 0.504 e. The second-order valence-electron chi connectivity index (χ2n) is 3.33. The summed E-state index contributed by atoms with van der Waals surface area (Å²) in [5.74, 6) is -0.0224. The molecule has 0 fully saturated rings. The van der Waals surface area contributed by atoms with Gasteiger partial charge >= 0.3 is 0 Å². The fourth-order valence-corrected chi connectivity index (χ4v) is 1.30. The van der Waals surface area contributed by atoms with Gasteiger partial charge in [-0.2, -0.15) is 5.10 Å². The van der Waals surface area contributed by atoms with Gasteiger partial charge in [0.05, 0.1) is 6.21 Å². The maximum absolute atomic E-state index is 9.52. The lowest BCUT2D eigenvalue weighted by Crippen LogP contribution is -1.95. The molecule has 1 aromatic carbocycles. The summed E-state index contributed by atoms with van der Waals surface area (Å²) in [4.78, 5) is 0. The standard InChI is InChI=1S/C11H9ClN4O2/c12-9-4-5-10(16-14-9)15-13-6-7-2-1-3-8(17)11(7)18/h1-6,17-18H,(H,15,16)/b13-6+. The van der Waals surface area contributed by atoms with Gasteiger partial charge in [-0.15, -0.1) is 10.2 Å². The van der Waals surface area contributed by atoms with Gasteiger partial charge < -0.3 is 10.2 Å². The zero-order valence-corrected chi connectivity index (χ0v) is 9.83. The molecular weight excluding hydrogens is 256 g/mol. The van der Waals surface area contributed by atoms with Crippen molar-refractivity contribution in [2.45, 2.75) is 0 Å². The Hall–Kier alpha value is -2.34. The Bertz CT molecular complexity index is 572. The number of halogens is 1. The lowest BCUT2D eigenvalue weighted by Gasteiger charge is -2.01. The van der Waals surface area contributed by atoms with Crippen LogP contribution in [-0.2, 0) is 0 Å². The van der Waals surface area contributed by atoms with Crippen LogP contribution < -0.4 is 5.43 Å². The van der Waals surface area contributed by atoms with Crippen molar-refractivity contribution in [1.82, 2.24) is 10.2 Å². The molecule has 0 saturated carbocycles. The summed E-state index contributed by atoms with van der Waals surface area (Å²) in [5.41, 5.74) is 2.99. The molecule has 0 aliphatic rings. The molecule has 0 bridgehead atoms. The van der Waals surface area contributed by atoms with Crippen molar-refractivity contribution in [3.8, 4) is 11.5 Å². The number of nitrogens with zero attached hydrogens (tertiary/aromatic N) is 3. The highest BCUT2D eigenvalue weighted by Crippen LogP contribution is 2.26. The molecule has 18 heavy (non-hydrogen) atoms. The first-order chi connectivity index (χ1) is 8.66. The van der Waals surface area contributed by atoms with Gasteiger partial charge in [-0.25, -0.2) is 0 Å². The third-order valence-electron chi connectivity index (χ3n) is 2.06. The molecule has 7 heteroatoms. The van der Waals surface area contributed by atoms with E-state index in [4.69, 9.17) is 11.6 Å². The zero-order valence-electron chi connectivity index (χ0n) is 9.08. The third kappa shape index (κ3) is 2.86. The predicted molar refractivity (Wildman–Crippen MR) is 68.0 cm³/mol. The Balaban J connectivity index is 2.07. The van der Waals surface area contributed by atoms with E-state index in [9.17, 15) is 10.2 Å². The average molecular weight is 265 g/mol. The molecule has 6 nitrogen and oxygen atoms in total. The van der Waals surface area contributed by atoms with Gasteiger partial charge in [0, 0.05) is 5.56 Å². The van der Waals surface area contributed by atoms with Crippen molar-refractivity contribution in [3.05, 3.63) is 41.0 Å². The number of hydrogen-bond acceptors (Lipinski definition) is 6. The number of rotatable bonds is 3. The minimum Gasteiger partial charge on any atom is -0.504 e. The van der Waals surface area contributed by atoms with Crippen LogP contribution in [-0.4, -0.2) is 26.6 Å². The molecule has 2 aromatic rings. The summed E-state index contributed by atoms with van der Waals surface area (Å²) in [6, 6.07) is 7.75. The summed E-state index contributed by atoms with van der Waals surface area (Å²) in [7, 11) is 0. The fraction of sp³-hybridized carbons (Fsp3) is 0. The van der Waals surface area contributed by atoms with Crippen molar-refractivity contribution in [1.29, 1.82) is 0 Å². The van der Waals surface area contributed by atoms with E-state index in [-0.39, 0.29) is 16.7 Å². The highest BCUT2D eigenvalue weighted by molar-refractivity contribution is 6.29. The highest BCUT2D eigenvalue weighted by atomic mass is 35.5. The molecule has 3 N–H and O–H groups in total. The number of hydrogen-bond donors (Lipinski definition) is 3. The first-order valence-corrected chi connectivity index (χ1v) is 5.34. The van der Waals surface area contributed by atoms with Crippen molar-refractivity contribution in [2.24, 2.45) is 5.10 Å². The number of aromatic nitrogens is 2. The molecule has 2 rings (SSSR count). The van der Waals surface area contributed by atoms with Crippen LogP contribution in [0.2, 0.25) is 5.15 Å². The van der Waals surface area contributed by atoms with Crippen LogP contribution >= 0.6 is 11.6 Å². The van der Waals surface area contributed by atoms with E-state index in [1.165, 1.54) is 12.3 Å². The van der Waals surface area contributed by atoms with Gasteiger partial charge in [0.1, 0.15) is 0 Å². The molecule has 0 radical (unpaired) electrons. The van der Waals surface area contributed by atoms with Crippen molar-refractivity contribution >= 4 is 23.6 Å². The highest BCUT2D eigenvalue weighted by Gasteiger charge is 2.02. The van der Waals surface area contributed by atoms with E-state index in [1.807, 2.05) is 0 Å². The molecule has 0 unspecified atom stereocenters. The minimum absolute atomic E-state index is 0.203. The summed E-state index contributed by atoms with van der Waals surface area (Å²) in [6.07, 6.45) is 1.35. The van der Waals surface area contributed by atoms with Crippen LogP contribution in [0.25, 0.3) is 0 Å². The second-order valence-corrected chi connectivity index (χ2v) is 3.71. The molecule has 92 valence electrons. The van der Waals surface area contributed by atoms with E-state index >= 15 is 0 Å². The number of nitrogens with one attached hydrogen (secondary N) is 1. The Kier molecular flexibility index (Phi) is 3.59. The number of para-hydroxylation sites is 1. The van der Waals surface area contributed by atoms with Gasteiger partial charge in [0.2, 0.25) is 0 Å². The van der Waals surface area contributed by atoms with E-state index in [2.05, 4.69) is 20.7 Å². The molecule has 0 atom stereocenters. The summed E-state index contributed by atoms with van der Waals surface area (Å²) < 4.78 is 0. The monoisotopic (exact) mass is 264 g/mol. The topological polar surface area (TPSA) is 90.6 Å². The molecule has 1 aromatic heterocycles. The van der Waals surface area contributed by atoms with Gasteiger partial charge in [-0.1, -0.05) is 17.7 Å². The maximum Gasteiger partial charge on any atom is 0.168 e. The van der Waals surface area contributed by atoms with Crippen LogP contribution in [0.5, 0.6) is 11.5 Å². The quantitative estimate of drug-likeness (QED) is 0.448. The van der Waals surface area contributed by atoms with Gasteiger partial charge in [0.25, 0.3) is 0 Å². The van der Waals surface area contributed by atoms with E-state index in [0.717, 1.165) is 0 Å². The average Bonchev–Trinajstić information content (AvgIpc) is 2.37. The summed E-state index contributed by atoms with van der Waals surface area (Å²) >= 11 is 5.58. The van der Waals surface area contributed by atoms with Gasteiger partial charge in [-0.3, -0.25) is 5.43 Å². The van der Waals surface area contributed by atoms with E-state index in [1.54, 1.807) is 24.3 Å². The molecule has 1 heterocycles. The normalized spacial score (nSPS) is 10.7. The number of hydrazone groups is 1. The fourth-order valence-electron chi connectivity index (χ4n) is 1.20. The second kappa shape index (κ2) is 5.33. The Morgan fingerprint density at radius 3 is 2.72 bits per heavy atom. The van der Waals surface area contributed by atoms with Crippen LogP contribution in [0.1, 0.15) is 5.56 Å². The van der Waals surface area contributed by atoms with E-state index < -0.39 is 0 Å². The predicted octanol–water partition coefficient (Wildman–Crippen LogP) is 1.99.